The van der Waals surface area contributed by atoms with Gasteiger partial charge in [0.05, 0.1) is 35.6 Å². The van der Waals surface area contributed by atoms with Crippen LogP contribution in [0.3, 0.4) is 0 Å². The maximum absolute atomic E-state index is 11.8. The highest BCUT2D eigenvalue weighted by Crippen LogP contribution is 2.36. The van der Waals surface area contributed by atoms with Crippen molar-refractivity contribution < 1.29 is 14.1 Å². The number of amides is 1. The van der Waals surface area contributed by atoms with Crippen molar-refractivity contribution in [2.75, 3.05) is 6.44 Å². The van der Waals surface area contributed by atoms with Crippen molar-refractivity contribution in [1.29, 1.82) is 0 Å². The molecule has 0 aliphatic carbocycles. The molecule has 0 radical (unpaired) electrons. The van der Waals surface area contributed by atoms with Crippen LogP contribution in [-0.2, 0) is 9.31 Å². The molecule has 2 heterocycles. The first-order valence-electron chi connectivity index (χ1n) is 6.22. The molecular weight excluding hydrogens is 245 g/mol. The average molecular weight is 263 g/mol. The number of nitrogens with zero attached hydrogens (tertiary/aromatic N) is 2. The molecule has 1 saturated heterocycles. The van der Waals surface area contributed by atoms with Gasteiger partial charge in [-0.2, -0.15) is 10.2 Å². The van der Waals surface area contributed by atoms with Crippen LogP contribution in [0, 0.1) is 0 Å². The number of rotatable bonds is 3. The van der Waals surface area contributed by atoms with Crippen LogP contribution in [0.1, 0.15) is 38.1 Å². The molecule has 0 aromatic carbocycles. The third kappa shape index (κ3) is 2.93. The Balaban J connectivity index is 1.90. The minimum Gasteiger partial charge on any atom is -0.402 e. The van der Waals surface area contributed by atoms with Crippen LogP contribution in [0.25, 0.3) is 0 Å². The quantitative estimate of drug-likeness (QED) is 0.818. The van der Waals surface area contributed by atoms with Crippen LogP contribution in [0.4, 0.5) is 0 Å². The second-order valence-corrected chi connectivity index (χ2v) is 5.53. The van der Waals surface area contributed by atoms with Gasteiger partial charge in [0.2, 0.25) is 0 Å². The van der Waals surface area contributed by atoms with E-state index in [4.69, 9.17) is 9.31 Å². The van der Waals surface area contributed by atoms with Gasteiger partial charge in [0.1, 0.15) is 0 Å². The summed E-state index contributed by atoms with van der Waals surface area (Å²) in [6.45, 7) is 7.90. The van der Waals surface area contributed by atoms with Crippen molar-refractivity contribution in [1.82, 2.24) is 15.5 Å². The van der Waals surface area contributed by atoms with Gasteiger partial charge in [0.25, 0.3) is 5.91 Å². The van der Waals surface area contributed by atoms with Gasteiger partial charge >= 0.3 is 7.12 Å². The van der Waals surface area contributed by atoms with E-state index in [1.54, 1.807) is 6.07 Å². The van der Waals surface area contributed by atoms with Crippen molar-refractivity contribution in [2.24, 2.45) is 0 Å². The monoisotopic (exact) mass is 263 g/mol. The zero-order valence-electron chi connectivity index (χ0n) is 11.6. The highest BCUT2D eigenvalue weighted by molar-refractivity contribution is 6.46. The average Bonchev–Trinajstić information content (AvgIpc) is 2.56. The fourth-order valence-electron chi connectivity index (χ4n) is 1.75. The van der Waals surface area contributed by atoms with E-state index in [2.05, 4.69) is 15.5 Å². The Morgan fingerprint density at radius 1 is 1.26 bits per heavy atom. The Morgan fingerprint density at radius 2 is 1.89 bits per heavy atom. The van der Waals surface area contributed by atoms with E-state index in [0.717, 1.165) is 0 Å². The lowest BCUT2D eigenvalue weighted by Gasteiger charge is -2.32. The first-order valence-corrected chi connectivity index (χ1v) is 6.22. The van der Waals surface area contributed by atoms with Gasteiger partial charge in [0.15, 0.2) is 0 Å². The highest BCUT2D eigenvalue weighted by Gasteiger charge is 2.50. The maximum atomic E-state index is 11.8. The van der Waals surface area contributed by atoms with Crippen LogP contribution >= 0.6 is 0 Å². The van der Waals surface area contributed by atoms with Gasteiger partial charge < -0.3 is 14.6 Å². The largest absolute Gasteiger partial charge is 0.478 e. The maximum Gasteiger partial charge on any atom is 0.478 e. The van der Waals surface area contributed by atoms with Crippen LogP contribution in [0.5, 0.6) is 0 Å². The number of carbonyl (C=O) groups is 1. The molecule has 1 aromatic rings. The Kier molecular flexibility index (Phi) is 3.60. The number of hydrogen-bond acceptors (Lipinski definition) is 5. The van der Waals surface area contributed by atoms with Gasteiger partial charge in [-0.05, 0) is 33.8 Å². The number of aromatic nitrogens is 2. The third-order valence-electron chi connectivity index (χ3n) is 3.58. The van der Waals surface area contributed by atoms with E-state index in [0.29, 0.717) is 12.0 Å². The molecule has 0 unspecified atom stereocenters. The summed E-state index contributed by atoms with van der Waals surface area (Å²) < 4.78 is 11.6. The first kappa shape index (κ1) is 14.0. The second-order valence-electron chi connectivity index (χ2n) is 5.53. The molecule has 1 N–H and O–H groups in total. The lowest BCUT2D eigenvalue weighted by atomic mass is 9.90. The Bertz CT molecular complexity index is 449. The van der Waals surface area contributed by atoms with Gasteiger partial charge in [0, 0.05) is 0 Å². The van der Waals surface area contributed by atoms with Crippen LogP contribution < -0.4 is 5.32 Å². The summed E-state index contributed by atoms with van der Waals surface area (Å²) >= 11 is 0. The molecule has 0 saturated carbocycles. The van der Waals surface area contributed by atoms with Crippen molar-refractivity contribution in [3.05, 3.63) is 24.0 Å². The molecule has 1 fully saturated rings. The Hall–Kier alpha value is -1.47. The van der Waals surface area contributed by atoms with E-state index in [1.807, 2.05) is 27.7 Å². The zero-order chi connectivity index (χ0) is 14.1. The summed E-state index contributed by atoms with van der Waals surface area (Å²) in [5, 5.41) is 10.0. The molecule has 1 aromatic heterocycles. The third-order valence-corrected chi connectivity index (χ3v) is 3.58. The zero-order valence-corrected chi connectivity index (χ0v) is 11.6. The summed E-state index contributed by atoms with van der Waals surface area (Å²) in [7, 11) is -0.441. The fourth-order valence-corrected chi connectivity index (χ4v) is 1.75. The fraction of sp³-hybridized carbons (Fsp3) is 0.583. The number of carbonyl (C=O) groups excluding carboxylic acids is 1. The number of hydrogen-bond donors (Lipinski definition) is 1. The van der Waals surface area contributed by atoms with Crippen LogP contribution in [-0.4, -0.2) is 40.9 Å². The van der Waals surface area contributed by atoms with Gasteiger partial charge in [-0.25, -0.2) is 0 Å². The molecule has 0 spiro atoms. The summed E-state index contributed by atoms with van der Waals surface area (Å²) in [5.41, 5.74) is -0.312. The minimum absolute atomic E-state index is 0.218. The highest BCUT2D eigenvalue weighted by atomic mass is 16.7. The number of nitrogens with one attached hydrogen (secondary N) is 1. The summed E-state index contributed by atoms with van der Waals surface area (Å²) in [6.07, 6.45) is 3.19. The molecule has 2 rings (SSSR count). The Morgan fingerprint density at radius 3 is 2.42 bits per heavy atom. The van der Waals surface area contributed by atoms with Crippen LogP contribution in [0.2, 0.25) is 0 Å². The molecule has 1 aliphatic rings. The molecule has 0 bridgehead atoms. The summed E-state index contributed by atoms with van der Waals surface area (Å²) in [5.74, 6) is -0.218. The van der Waals surface area contributed by atoms with Crippen molar-refractivity contribution >= 4 is 13.0 Å². The predicted octanol–water partition coefficient (Wildman–Crippen LogP) is 0.838. The normalized spacial score (nSPS) is 20.3. The lowest BCUT2D eigenvalue weighted by molar-refractivity contribution is 0.00578. The predicted molar refractivity (Wildman–Crippen MR) is 70.4 cm³/mol. The molecule has 6 nitrogen and oxygen atoms in total. The SMILES string of the molecule is CC1(C)OB(CNC(=O)c2ccnnc2)OC1(C)C. The van der Waals surface area contributed by atoms with E-state index in [-0.39, 0.29) is 17.1 Å². The standard InChI is InChI=1S/C12H18BN3O3/c1-11(2)12(3,4)19-13(18-11)8-14-10(17)9-5-6-15-16-7-9/h5-7H,8H2,1-4H3,(H,14,17). The van der Waals surface area contributed by atoms with Gasteiger partial charge in [-0.3, -0.25) is 4.79 Å². The van der Waals surface area contributed by atoms with Crippen molar-refractivity contribution in [3.8, 4) is 0 Å². The first-order chi connectivity index (χ1) is 8.82. The smallest absolute Gasteiger partial charge is 0.402 e. The summed E-state index contributed by atoms with van der Waals surface area (Å²) in [6, 6.07) is 1.60. The van der Waals surface area contributed by atoms with E-state index < -0.39 is 7.12 Å². The molecule has 1 aliphatic heterocycles. The molecular formula is C12H18BN3O3. The molecule has 102 valence electrons. The second kappa shape index (κ2) is 4.90. The molecule has 19 heavy (non-hydrogen) atoms. The molecule has 1 amide bonds. The Labute approximate surface area is 113 Å². The van der Waals surface area contributed by atoms with Crippen molar-refractivity contribution in [2.45, 2.75) is 38.9 Å². The lowest BCUT2D eigenvalue weighted by Crippen LogP contribution is -2.41. The van der Waals surface area contributed by atoms with E-state index >= 15 is 0 Å². The minimum atomic E-state index is -0.441. The van der Waals surface area contributed by atoms with E-state index in [9.17, 15) is 4.79 Å². The molecule has 0 atom stereocenters. The van der Waals surface area contributed by atoms with Gasteiger partial charge in [-0.15, -0.1) is 0 Å². The van der Waals surface area contributed by atoms with Crippen LogP contribution in [0.15, 0.2) is 18.5 Å². The van der Waals surface area contributed by atoms with Crippen molar-refractivity contribution in [3.63, 3.8) is 0 Å². The molecule has 7 heteroatoms. The summed E-state index contributed by atoms with van der Waals surface area (Å²) in [4.78, 5) is 11.8. The topological polar surface area (TPSA) is 73.3 Å². The van der Waals surface area contributed by atoms with E-state index in [1.165, 1.54) is 12.4 Å². The van der Waals surface area contributed by atoms with Gasteiger partial charge in [-0.1, -0.05) is 0 Å².